The number of H-pyrrole nitrogens is 1. The van der Waals surface area contributed by atoms with Crippen LogP contribution in [0.4, 0.5) is 5.95 Å². The zero-order valence-electron chi connectivity index (χ0n) is 9.86. The highest BCUT2D eigenvalue weighted by atomic mass is 16.5. The second kappa shape index (κ2) is 3.83. The monoisotopic (exact) mass is 244 g/mol. The van der Waals surface area contributed by atoms with Crippen molar-refractivity contribution in [2.45, 2.75) is 19.8 Å². The van der Waals surface area contributed by atoms with E-state index in [2.05, 4.69) is 15.0 Å². The zero-order chi connectivity index (χ0) is 12.7. The lowest BCUT2D eigenvalue weighted by molar-refractivity contribution is -0.131. The molecule has 3 rings (SSSR count). The molecule has 0 saturated heterocycles. The number of nitrogens with one attached hydrogen (secondary N) is 1. The van der Waals surface area contributed by atoms with E-state index in [1.807, 2.05) is 0 Å². The van der Waals surface area contributed by atoms with Crippen molar-refractivity contribution in [3.63, 3.8) is 0 Å². The minimum atomic E-state index is -0.329. The summed E-state index contributed by atoms with van der Waals surface area (Å²) >= 11 is 0. The maximum Gasteiger partial charge on any atom is 0.308 e. The molecule has 0 aromatic carbocycles. The molecular weight excluding hydrogens is 232 g/mol. The number of rotatable bonds is 1. The first kappa shape index (κ1) is 10.8. The highest BCUT2D eigenvalue weighted by molar-refractivity contribution is 5.74. The van der Waals surface area contributed by atoms with Crippen molar-refractivity contribution in [3.8, 4) is 17.1 Å². The van der Waals surface area contributed by atoms with Crippen molar-refractivity contribution in [2.75, 3.05) is 5.73 Å². The van der Waals surface area contributed by atoms with Crippen LogP contribution in [0.2, 0.25) is 0 Å². The number of carbonyl (C=O) groups is 1. The average molecular weight is 244 g/mol. The Morgan fingerprint density at radius 1 is 1.50 bits per heavy atom. The van der Waals surface area contributed by atoms with Crippen molar-refractivity contribution < 1.29 is 9.53 Å². The number of hydrogen-bond acceptors (Lipinski definition) is 5. The van der Waals surface area contributed by atoms with Crippen molar-refractivity contribution in [1.29, 1.82) is 0 Å². The van der Waals surface area contributed by atoms with Gasteiger partial charge in [-0.05, 0) is 18.4 Å². The number of fused-ring (bicyclic) bond motifs is 3. The largest absolute Gasteiger partial charge is 0.425 e. The van der Waals surface area contributed by atoms with Crippen molar-refractivity contribution in [3.05, 3.63) is 23.5 Å². The molecule has 92 valence electrons. The fraction of sp³-hybridized carbons (Fsp3) is 0.250. The minimum absolute atomic E-state index is 0.241. The number of nitrogen functional groups attached to an aromatic ring is 1. The fourth-order valence-electron chi connectivity index (χ4n) is 2.22. The third kappa shape index (κ3) is 1.62. The summed E-state index contributed by atoms with van der Waals surface area (Å²) in [6.45, 7) is 1.39. The van der Waals surface area contributed by atoms with Crippen LogP contribution in [0, 0.1) is 0 Å². The molecule has 0 radical (unpaired) electrons. The first-order valence-corrected chi connectivity index (χ1v) is 5.65. The summed E-state index contributed by atoms with van der Waals surface area (Å²) in [5.41, 5.74) is 9.28. The molecule has 0 spiro atoms. The summed E-state index contributed by atoms with van der Waals surface area (Å²) in [5, 5.41) is 0. The normalized spacial score (nSPS) is 12.7. The van der Waals surface area contributed by atoms with Gasteiger partial charge in [0.25, 0.3) is 0 Å². The number of aromatic nitrogens is 3. The Morgan fingerprint density at radius 2 is 2.33 bits per heavy atom. The van der Waals surface area contributed by atoms with E-state index in [-0.39, 0.29) is 11.9 Å². The van der Waals surface area contributed by atoms with E-state index in [0.29, 0.717) is 5.75 Å². The van der Waals surface area contributed by atoms with E-state index in [4.69, 9.17) is 10.5 Å². The molecule has 1 aliphatic rings. The summed E-state index contributed by atoms with van der Waals surface area (Å²) < 4.78 is 5.15. The molecule has 0 atom stereocenters. The van der Waals surface area contributed by atoms with Crippen molar-refractivity contribution in [2.24, 2.45) is 0 Å². The zero-order valence-corrected chi connectivity index (χ0v) is 9.86. The molecule has 1 aliphatic carbocycles. The van der Waals surface area contributed by atoms with Gasteiger partial charge < -0.3 is 15.5 Å². The molecule has 2 aromatic heterocycles. The van der Waals surface area contributed by atoms with Gasteiger partial charge in [0.2, 0.25) is 5.95 Å². The van der Waals surface area contributed by atoms with Crippen LogP contribution in [0.15, 0.2) is 12.4 Å². The summed E-state index contributed by atoms with van der Waals surface area (Å²) in [4.78, 5) is 22.3. The van der Waals surface area contributed by atoms with Crippen LogP contribution in [0.1, 0.15) is 18.1 Å². The molecule has 0 unspecified atom stereocenters. The Balaban J connectivity index is 2.11. The summed E-state index contributed by atoms with van der Waals surface area (Å²) in [6.07, 6.45) is 5.03. The van der Waals surface area contributed by atoms with E-state index < -0.39 is 0 Å². The van der Waals surface area contributed by atoms with Gasteiger partial charge in [0, 0.05) is 24.9 Å². The standard InChI is InChI=1S/C12H12N4O2/c1-6(17)18-9-5-14-11-8(9)3-2-7-4-15-12(13)16-10(7)11/h4-5,14H,2-3H2,1H3,(H2,13,15,16). The summed E-state index contributed by atoms with van der Waals surface area (Å²) in [5.74, 6) is 0.482. The number of aryl methyl sites for hydroxylation is 1. The second-order valence-corrected chi connectivity index (χ2v) is 4.20. The summed E-state index contributed by atoms with van der Waals surface area (Å²) in [7, 11) is 0. The topological polar surface area (TPSA) is 93.9 Å². The highest BCUT2D eigenvalue weighted by Crippen LogP contribution is 2.36. The molecule has 0 fully saturated rings. The van der Waals surface area contributed by atoms with Gasteiger partial charge in [-0.15, -0.1) is 0 Å². The first-order valence-electron chi connectivity index (χ1n) is 5.65. The number of nitrogens with two attached hydrogens (primary N) is 1. The lowest BCUT2D eigenvalue weighted by atomic mass is 9.95. The quantitative estimate of drug-likeness (QED) is 0.732. The van der Waals surface area contributed by atoms with Gasteiger partial charge in [-0.2, -0.15) is 0 Å². The van der Waals surface area contributed by atoms with Crippen molar-refractivity contribution >= 4 is 11.9 Å². The van der Waals surface area contributed by atoms with Gasteiger partial charge in [0.05, 0.1) is 11.4 Å². The van der Waals surface area contributed by atoms with Crippen LogP contribution >= 0.6 is 0 Å². The predicted octanol–water partition coefficient (Wildman–Crippen LogP) is 1.08. The highest BCUT2D eigenvalue weighted by Gasteiger charge is 2.23. The number of ether oxygens (including phenoxy) is 1. The maximum atomic E-state index is 11.0. The van der Waals surface area contributed by atoms with Gasteiger partial charge in [-0.1, -0.05) is 0 Å². The van der Waals surface area contributed by atoms with E-state index >= 15 is 0 Å². The molecule has 3 N–H and O–H groups in total. The third-order valence-electron chi connectivity index (χ3n) is 2.96. The molecule has 6 nitrogen and oxygen atoms in total. The lowest BCUT2D eigenvalue weighted by Crippen LogP contribution is -2.09. The predicted molar refractivity (Wildman–Crippen MR) is 64.9 cm³/mol. The van der Waals surface area contributed by atoms with E-state index in [1.165, 1.54) is 6.92 Å². The number of hydrogen-bond donors (Lipinski definition) is 2. The molecule has 0 amide bonds. The molecule has 0 aliphatic heterocycles. The number of esters is 1. The molecule has 6 heteroatoms. The molecule has 0 saturated carbocycles. The molecule has 2 aromatic rings. The Labute approximate surface area is 103 Å². The van der Waals surface area contributed by atoms with Gasteiger partial charge in [0.15, 0.2) is 5.75 Å². The molecule has 2 heterocycles. The fourth-order valence-corrected chi connectivity index (χ4v) is 2.22. The number of carbonyl (C=O) groups excluding carboxylic acids is 1. The number of anilines is 1. The Bertz CT molecular complexity index is 633. The van der Waals surface area contributed by atoms with Crippen LogP contribution in [0.3, 0.4) is 0 Å². The van der Waals surface area contributed by atoms with Crippen LogP contribution in [0.5, 0.6) is 5.75 Å². The minimum Gasteiger partial charge on any atom is -0.425 e. The summed E-state index contributed by atoms with van der Waals surface area (Å²) in [6, 6.07) is 0. The van der Waals surface area contributed by atoms with Crippen LogP contribution in [-0.4, -0.2) is 20.9 Å². The van der Waals surface area contributed by atoms with Gasteiger partial charge in [-0.25, -0.2) is 9.97 Å². The third-order valence-corrected chi connectivity index (χ3v) is 2.96. The number of aromatic amines is 1. The maximum absolute atomic E-state index is 11.0. The second-order valence-electron chi connectivity index (χ2n) is 4.20. The van der Waals surface area contributed by atoms with Crippen LogP contribution in [-0.2, 0) is 17.6 Å². The number of nitrogens with zero attached hydrogens (tertiary/aromatic N) is 2. The van der Waals surface area contributed by atoms with Gasteiger partial charge in [-0.3, -0.25) is 4.79 Å². The average Bonchev–Trinajstić information content (AvgIpc) is 2.72. The molecular formula is C12H12N4O2. The van der Waals surface area contributed by atoms with Crippen LogP contribution in [0.25, 0.3) is 11.4 Å². The van der Waals surface area contributed by atoms with E-state index in [0.717, 1.165) is 35.4 Å². The van der Waals surface area contributed by atoms with E-state index in [1.54, 1.807) is 12.4 Å². The Morgan fingerprint density at radius 3 is 3.11 bits per heavy atom. The Hall–Kier alpha value is -2.37. The van der Waals surface area contributed by atoms with Crippen molar-refractivity contribution in [1.82, 2.24) is 15.0 Å². The smallest absolute Gasteiger partial charge is 0.308 e. The van der Waals surface area contributed by atoms with Gasteiger partial charge in [0.1, 0.15) is 0 Å². The van der Waals surface area contributed by atoms with Crippen LogP contribution < -0.4 is 10.5 Å². The SMILES string of the molecule is CC(=O)Oc1c[nH]c2c1CCc1cnc(N)nc1-2. The Kier molecular flexibility index (Phi) is 2.29. The van der Waals surface area contributed by atoms with E-state index in [9.17, 15) is 4.79 Å². The lowest BCUT2D eigenvalue weighted by Gasteiger charge is -2.15. The first-order chi connectivity index (χ1) is 8.65. The molecule has 18 heavy (non-hydrogen) atoms. The van der Waals surface area contributed by atoms with Gasteiger partial charge >= 0.3 is 5.97 Å². The molecule has 0 bridgehead atoms.